The van der Waals surface area contributed by atoms with Crippen LogP contribution < -0.4 is 5.73 Å². The number of likely N-dealkylation sites (tertiary alicyclic amines) is 1. The fourth-order valence-corrected chi connectivity index (χ4v) is 2.64. The quantitative estimate of drug-likeness (QED) is 0.741. The van der Waals surface area contributed by atoms with Gasteiger partial charge in [-0.05, 0) is 32.9 Å². The van der Waals surface area contributed by atoms with Crippen LogP contribution in [0.1, 0.15) is 19.8 Å². The van der Waals surface area contributed by atoms with Crippen molar-refractivity contribution in [2.45, 2.75) is 31.8 Å². The average molecular weight is 227 g/mol. The van der Waals surface area contributed by atoms with E-state index in [4.69, 9.17) is 10.5 Å². The lowest BCUT2D eigenvalue weighted by molar-refractivity contribution is 0.0185. The molecule has 0 bridgehead atoms. The Balaban J connectivity index is 1.70. The molecule has 2 atom stereocenters. The molecule has 2 heterocycles. The van der Waals surface area contributed by atoms with Crippen molar-refractivity contribution in [1.29, 1.82) is 0 Å². The van der Waals surface area contributed by atoms with Gasteiger partial charge in [0.05, 0.1) is 13.2 Å². The van der Waals surface area contributed by atoms with Gasteiger partial charge in [-0.3, -0.25) is 4.90 Å². The first kappa shape index (κ1) is 12.3. The molecule has 2 N–H and O–H groups in total. The molecular weight excluding hydrogens is 202 g/mol. The lowest BCUT2D eigenvalue weighted by Gasteiger charge is -2.32. The predicted octanol–water partition coefficient (Wildman–Crippen LogP) is 0.130. The van der Waals surface area contributed by atoms with Crippen LogP contribution in [0.25, 0.3) is 0 Å². The van der Waals surface area contributed by atoms with E-state index in [0.717, 1.165) is 38.8 Å². The highest BCUT2D eigenvalue weighted by Gasteiger charge is 2.28. The number of nitrogens with zero attached hydrogens (tertiary/aromatic N) is 2. The van der Waals surface area contributed by atoms with Gasteiger partial charge in [-0.2, -0.15) is 0 Å². The molecule has 0 saturated carbocycles. The first-order valence-corrected chi connectivity index (χ1v) is 6.55. The molecule has 4 heteroatoms. The molecule has 0 amide bonds. The fourth-order valence-electron chi connectivity index (χ4n) is 2.64. The smallest absolute Gasteiger partial charge is 0.0594 e. The first-order chi connectivity index (χ1) is 7.75. The van der Waals surface area contributed by atoms with Gasteiger partial charge in [0.15, 0.2) is 0 Å². The average Bonchev–Trinajstić information content (AvgIpc) is 2.76. The largest absolute Gasteiger partial charge is 0.379 e. The van der Waals surface area contributed by atoms with Gasteiger partial charge >= 0.3 is 0 Å². The summed E-state index contributed by atoms with van der Waals surface area (Å²) in [5.41, 5.74) is 5.79. The molecule has 2 aliphatic heterocycles. The molecule has 4 nitrogen and oxygen atoms in total. The van der Waals surface area contributed by atoms with Crippen LogP contribution in [0.15, 0.2) is 0 Å². The van der Waals surface area contributed by atoms with E-state index in [1.54, 1.807) is 0 Å². The van der Waals surface area contributed by atoms with Crippen molar-refractivity contribution in [2.75, 3.05) is 45.9 Å². The SMILES string of the molecule is CC(N)CCN1CCC(N2CCOCC2)C1. The molecule has 16 heavy (non-hydrogen) atoms. The monoisotopic (exact) mass is 227 g/mol. The van der Waals surface area contributed by atoms with Crippen LogP contribution in [0.5, 0.6) is 0 Å². The predicted molar refractivity (Wildman–Crippen MR) is 65.5 cm³/mol. The minimum absolute atomic E-state index is 0.336. The normalized spacial score (nSPS) is 30.8. The van der Waals surface area contributed by atoms with Crippen LogP contribution >= 0.6 is 0 Å². The van der Waals surface area contributed by atoms with Gasteiger partial charge in [0, 0.05) is 31.7 Å². The van der Waals surface area contributed by atoms with Crippen molar-refractivity contribution in [3.05, 3.63) is 0 Å². The summed E-state index contributed by atoms with van der Waals surface area (Å²) in [5.74, 6) is 0. The number of hydrogen-bond acceptors (Lipinski definition) is 4. The van der Waals surface area contributed by atoms with Crippen LogP contribution in [0, 0.1) is 0 Å². The Labute approximate surface area is 98.7 Å². The lowest BCUT2D eigenvalue weighted by atomic mass is 10.2. The van der Waals surface area contributed by atoms with Gasteiger partial charge in [-0.1, -0.05) is 0 Å². The minimum atomic E-state index is 0.336. The topological polar surface area (TPSA) is 41.7 Å². The van der Waals surface area contributed by atoms with Crippen molar-refractivity contribution in [2.24, 2.45) is 5.73 Å². The highest BCUT2D eigenvalue weighted by Crippen LogP contribution is 2.17. The fraction of sp³-hybridized carbons (Fsp3) is 1.00. The summed E-state index contributed by atoms with van der Waals surface area (Å²) in [6.07, 6.45) is 2.44. The number of ether oxygens (including phenoxy) is 1. The maximum Gasteiger partial charge on any atom is 0.0594 e. The Morgan fingerprint density at radius 3 is 2.75 bits per heavy atom. The van der Waals surface area contributed by atoms with E-state index in [0.29, 0.717) is 6.04 Å². The Hall–Kier alpha value is -0.160. The highest BCUT2D eigenvalue weighted by atomic mass is 16.5. The number of rotatable bonds is 4. The third kappa shape index (κ3) is 3.42. The van der Waals surface area contributed by atoms with E-state index in [1.807, 2.05) is 0 Å². The van der Waals surface area contributed by atoms with Gasteiger partial charge in [0.25, 0.3) is 0 Å². The number of hydrogen-bond donors (Lipinski definition) is 1. The summed E-state index contributed by atoms with van der Waals surface area (Å²) in [5, 5.41) is 0. The van der Waals surface area contributed by atoms with Gasteiger partial charge in [-0.25, -0.2) is 0 Å². The Morgan fingerprint density at radius 1 is 1.31 bits per heavy atom. The van der Waals surface area contributed by atoms with E-state index in [1.165, 1.54) is 26.1 Å². The Bertz CT molecular complexity index is 204. The first-order valence-electron chi connectivity index (χ1n) is 6.55. The third-order valence-electron chi connectivity index (χ3n) is 3.71. The van der Waals surface area contributed by atoms with Crippen LogP contribution in [-0.2, 0) is 4.74 Å². The standard InChI is InChI=1S/C12H25N3O/c1-11(13)2-4-14-5-3-12(10-14)15-6-8-16-9-7-15/h11-12H,2-10,13H2,1H3. The van der Waals surface area contributed by atoms with Gasteiger partial charge < -0.3 is 15.4 Å². The zero-order valence-corrected chi connectivity index (χ0v) is 10.4. The second-order valence-corrected chi connectivity index (χ2v) is 5.16. The molecule has 94 valence electrons. The van der Waals surface area contributed by atoms with E-state index in [2.05, 4.69) is 16.7 Å². The summed E-state index contributed by atoms with van der Waals surface area (Å²) < 4.78 is 5.39. The number of nitrogens with two attached hydrogens (primary N) is 1. The maximum atomic E-state index is 5.79. The molecule has 0 aromatic heterocycles. The van der Waals surface area contributed by atoms with Crippen molar-refractivity contribution in [1.82, 2.24) is 9.80 Å². The molecule has 2 rings (SSSR count). The van der Waals surface area contributed by atoms with Crippen LogP contribution in [0.2, 0.25) is 0 Å². The molecular formula is C12H25N3O. The molecule has 0 spiro atoms. The minimum Gasteiger partial charge on any atom is -0.379 e. The molecule has 0 radical (unpaired) electrons. The van der Waals surface area contributed by atoms with E-state index < -0.39 is 0 Å². The second kappa shape index (κ2) is 5.96. The molecule has 0 aromatic rings. The summed E-state index contributed by atoms with van der Waals surface area (Å²) >= 11 is 0. The summed E-state index contributed by atoms with van der Waals surface area (Å²) in [6, 6.07) is 1.10. The third-order valence-corrected chi connectivity index (χ3v) is 3.71. The second-order valence-electron chi connectivity index (χ2n) is 5.16. The van der Waals surface area contributed by atoms with Gasteiger partial charge in [0.1, 0.15) is 0 Å². The molecule has 2 unspecified atom stereocenters. The van der Waals surface area contributed by atoms with Crippen molar-refractivity contribution >= 4 is 0 Å². The Morgan fingerprint density at radius 2 is 2.06 bits per heavy atom. The van der Waals surface area contributed by atoms with E-state index >= 15 is 0 Å². The highest BCUT2D eigenvalue weighted by molar-refractivity contribution is 4.84. The summed E-state index contributed by atoms with van der Waals surface area (Å²) in [6.45, 7) is 9.79. The van der Waals surface area contributed by atoms with E-state index in [9.17, 15) is 0 Å². The van der Waals surface area contributed by atoms with Crippen molar-refractivity contribution in [3.8, 4) is 0 Å². The van der Waals surface area contributed by atoms with E-state index in [-0.39, 0.29) is 0 Å². The van der Waals surface area contributed by atoms with Crippen LogP contribution in [0.3, 0.4) is 0 Å². The number of morpholine rings is 1. The zero-order valence-electron chi connectivity index (χ0n) is 10.4. The molecule has 0 aromatic carbocycles. The molecule has 0 aliphatic carbocycles. The van der Waals surface area contributed by atoms with Crippen molar-refractivity contribution < 1.29 is 4.74 Å². The lowest BCUT2D eigenvalue weighted by Crippen LogP contribution is -2.44. The zero-order chi connectivity index (χ0) is 11.4. The Kier molecular flexibility index (Phi) is 4.58. The van der Waals surface area contributed by atoms with Crippen LogP contribution in [0.4, 0.5) is 0 Å². The van der Waals surface area contributed by atoms with Gasteiger partial charge in [-0.15, -0.1) is 0 Å². The van der Waals surface area contributed by atoms with Crippen molar-refractivity contribution in [3.63, 3.8) is 0 Å². The maximum absolute atomic E-state index is 5.79. The summed E-state index contributed by atoms with van der Waals surface area (Å²) in [7, 11) is 0. The van der Waals surface area contributed by atoms with Crippen LogP contribution in [-0.4, -0.2) is 67.8 Å². The molecule has 2 aliphatic rings. The summed E-state index contributed by atoms with van der Waals surface area (Å²) in [4.78, 5) is 5.15. The molecule has 2 fully saturated rings. The molecule has 2 saturated heterocycles. The van der Waals surface area contributed by atoms with Gasteiger partial charge in [0.2, 0.25) is 0 Å².